The van der Waals surface area contributed by atoms with Crippen LogP contribution in [0.4, 0.5) is 0 Å². The van der Waals surface area contributed by atoms with Crippen molar-refractivity contribution in [3.05, 3.63) is 249 Å². The molecule has 0 saturated heterocycles. The highest BCUT2D eigenvalue weighted by atomic mass is 15.0. The molecular formula is C63H41N5. The lowest BCUT2D eigenvalue weighted by Gasteiger charge is -2.17. The Hall–Kier alpha value is -9.19. The molecule has 0 N–H and O–H groups in total. The van der Waals surface area contributed by atoms with Crippen LogP contribution in [0.5, 0.6) is 0 Å². The van der Waals surface area contributed by atoms with Gasteiger partial charge < -0.3 is 9.13 Å². The van der Waals surface area contributed by atoms with Gasteiger partial charge in [0, 0.05) is 43.8 Å². The number of nitrogens with zero attached hydrogens (tertiary/aromatic N) is 5. The highest BCUT2D eigenvalue weighted by Gasteiger charge is 2.22. The second kappa shape index (κ2) is 16.4. The maximum Gasteiger partial charge on any atom is 0.164 e. The van der Waals surface area contributed by atoms with Crippen molar-refractivity contribution in [1.82, 2.24) is 24.1 Å². The quantitative estimate of drug-likeness (QED) is 0.153. The second-order valence-corrected chi connectivity index (χ2v) is 17.2. The predicted octanol–water partition coefficient (Wildman–Crippen LogP) is 16.1. The summed E-state index contributed by atoms with van der Waals surface area (Å²) in [5.41, 5.74) is 16.2. The van der Waals surface area contributed by atoms with Crippen LogP contribution in [0.2, 0.25) is 0 Å². The molecule has 0 spiro atoms. The van der Waals surface area contributed by atoms with Crippen LogP contribution in [-0.4, -0.2) is 24.1 Å². The fraction of sp³-hybridized carbons (Fsp3) is 0. The zero-order valence-corrected chi connectivity index (χ0v) is 36.9. The fourth-order valence-corrected chi connectivity index (χ4v) is 10.0. The molecule has 13 rings (SSSR count). The Morgan fingerprint density at radius 2 is 0.632 bits per heavy atom. The van der Waals surface area contributed by atoms with Crippen LogP contribution < -0.4 is 0 Å². The molecule has 13 aromatic rings. The zero-order chi connectivity index (χ0) is 45.0. The largest absolute Gasteiger partial charge is 0.309 e. The fourth-order valence-electron chi connectivity index (χ4n) is 10.0. The van der Waals surface area contributed by atoms with Crippen LogP contribution in [0.15, 0.2) is 249 Å². The molecule has 3 heterocycles. The Balaban J connectivity index is 1.04. The van der Waals surface area contributed by atoms with Crippen LogP contribution in [0, 0.1) is 0 Å². The van der Waals surface area contributed by atoms with E-state index in [9.17, 15) is 0 Å². The van der Waals surface area contributed by atoms with Crippen molar-refractivity contribution in [1.29, 1.82) is 0 Å². The summed E-state index contributed by atoms with van der Waals surface area (Å²) in [7, 11) is 0. The maximum absolute atomic E-state index is 5.32. The summed E-state index contributed by atoms with van der Waals surface area (Å²) in [6, 6.07) is 88.2. The number of benzene rings is 10. The van der Waals surface area contributed by atoms with Crippen LogP contribution in [0.3, 0.4) is 0 Å². The van der Waals surface area contributed by atoms with E-state index in [0.717, 1.165) is 72.5 Å². The standard InChI is InChI=1S/C63H41N5/c1-4-18-42(19-5-1)44-34-36-46(37-35-44)61-64-62(48-25-16-24-47(40-48)43-20-6-2-7-21-43)66-63(65-61)49-38-39-50(45-22-8-3-9-23-45)59(41-49)68-56-31-15-12-28-53(56)60-57(32-17-33-58(60)68)67-54-29-13-10-26-51(54)52-27-11-14-30-55(52)67/h1-41H. The first-order chi connectivity index (χ1) is 33.7. The van der Waals surface area contributed by atoms with E-state index in [1.54, 1.807) is 0 Å². The number of para-hydroxylation sites is 3. The summed E-state index contributed by atoms with van der Waals surface area (Å²) >= 11 is 0. The van der Waals surface area contributed by atoms with Crippen LogP contribution in [-0.2, 0) is 0 Å². The first kappa shape index (κ1) is 39.2. The number of fused-ring (bicyclic) bond motifs is 6. The average molecular weight is 868 g/mol. The third-order valence-electron chi connectivity index (χ3n) is 13.2. The van der Waals surface area contributed by atoms with Gasteiger partial charge in [-0.25, -0.2) is 15.0 Å². The summed E-state index contributed by atoms with van der Waals surface area (Å²) in [6.45, 7) is 0. The van der Waals surface area contributed by atoms with Crippen molar-refractivity contribution in [2.45, 2.75) is 0 Å². The molecule has 0 aliphatic carbocycles. The van der Waals surface area contributed by atoms with Gasteiger partial charge in [0.2, 0.25) is 0 Å². The SMILES string of the molecule is c1ccc(-c2ccc(-c3nc(-c4cccc(-c5ccccc5)c4)nc(-c4ccc(-c5ccccc5)c(-n5c6ccccc6c6c(-n7c8ccccc8c8ccccc87)cccc65)c4)n3)cc2)cc1. The van der Waals surface area contributed by atoms with E-state index < -0.39 is 0 Å². The third-order valence-corrected chi connectivity index (χ3v) is 13.2. The smallest absolute Gasteiger partial charge is 0.164 e. The molecule has 0 unspecified atom stereocenters. The molecule has 0 bridgehead atoms. The van der Waals surface area contributed by atoms with Gasteiger partial charge in [-0.1, -0.05) is 206 Å². The molecular weight excluding hydrogens is 827 g/mol. The Kier molecular flexibility index (Phi) is 9.43. The van der Waals surface area contributed by atoms with Crippen LogP contribution in [0.25, 0.3) is 123 Å². The average Bonchev–Trinajstić information content (AvgIpc) is 3.95. The normalized spacial score (nSPS) is 11.5. The minimum atomic E-state index is 0.592. The predicted molar refractivity (Wildman–Crippen MR) is 281 cm³/mol. The Labute approximate surface area is 393 Å². The molecule has 68 heavy (non-hydrogen) atoms. The lowest BCUT2D eigenvalue weighted by molar-refractivity contribution is 1.07. The van der Waals surface area contributed by atoms with E-state index in [1.165, 1.54) is 32.6 Å². The van der Waals surface area contributed by atoms with Gasteiger partial charge in [0.25, 0.3) is 0 Å². The van der Waals surface area contributed by atoms with Gasteiger partial charge in [-0.2, -0.15) is 0 Å². The summed E-state index contributed by atoms with van der Waals surface area (Å²) < 4.78 is 4.87. The zero-order valence-electron chi connectivity index (χ0n) is 36.9. The highest BCUT2D eigenvalue weighted by molar-refractivity contribution is 6.16. The summed E-state index contributed by atoms with van der Waals surface area (Å²) in [5.74, 6) is 1.81. The van der Waals surface area contributed by atoms with Gasteiger partial charge in [0.05, 0.1) is 33.4 Å². The van der Waals surface area contributed by atoms with E-state index in [4.69, 9.17) is 15.0 Å². The molecule has 0 atom stereocenters. The Morgan fingerprint density at radius 1 is 0.235 bits per heavy atom. The molecule has 10 aromatic carbocycles. The number of hydrogen-bond donors (Lipinski definition) is 0. The van der Waals surface area contributed by atoms with E-state index in [2.05, 4.69) is 246 Å². The topological polar surface area (TPSA) is 48.5 Å². The molecule has 5 nitrogen and oxygen atoms in total. The van der Waals surface area contributed by atoms with Crippen LogP contribution in [0.1, 0.15) is 0 Å². The maximum atomic E-state index is 5.32. The number of hydrogen-bond acceptors (Lipinski definition) is 3. The molecule has 5 heteroatoms. The van der Waals surface area contributed by atoms with Crippen molar-refractivity contribution in [3.8, 4) is 78.9 Å². The van der Waals surface area contributed by atoms with Gasteiger partial charge in [-0.05, 0) is 70.3 Å². The lowest BCUT2D eigenvalue weighted by Crippen LogP contribution is -2.02. The molecule has 0 saturated carbocycles. The van der Waals surface area contributed by atoms with E-state index in [-0.39, 0.29) is 0 Å². The molecule has 3 aromatic heterocycles. The van der Waals surface area contributed by atoms with Crippen molar-refractivity contribution < 1.29 is 0 Å². The molecule has 0 aliphatic heterocycles. The van der Waals surface area contributed by atoms with Gasteiger partial charge in [-0.15, -0.1) is 0 Å². The van der Waals surface area contributed by atoms with E-state index >= 15 is 0 Å². The van der Waals surface area contributed by atoms with Gasteiger partial charge in [0.1, 0.15) is 0 Å². The number of aromatic nitrogens is 5. The minimum Gasteiger partial charge on any atom is -0.309 e. The van der Waals surface area contributed by atoms with Gasteiger partial charge in [0.15, 0.2) is 17.5 Å². The molecule has 318 valence electrons. The lowest BCUT2D eigenvalue weighted by atomic mass is 10.00. The summed E-state index contributed by atoms with van der Waals surface area (Å²) in [4.78, 5) is 15.8. The second-order valence-electron chi connectivity index (χ2n) is 17.2. The van der Waals surface area contributed by atoms with Gasteiger partial charge >= 0.3 is 0 Å². The number of rotatable bonds is 8. The molecule has 0 radical (unpaired) electrons. The molecule has 0 fully saturated rings. The third kappa shape index (κ3) is 6.68. The highest BCUT2D eigenvalue weighted by Crippen LogP contribution is 2.42. The molecule has 0 aliphatic rings. The molecule has 0 amide bonds. The van der Waals surface area contributed by atoms with Crippen molar-refractivity contribution in [3.63, 3.8) is 0 Å². The van der Waals surface area contributed by atoms with Crippen molar-refractivity contribution in [2.75, 3.05) is 0 Å². The first-order valence-corrected chi connectivity index (χ1v) is 23.0. The monoisotopic (exact) mass is 867 g/mol. The Bertz CT molecular complexity index is 3950. The van der Waals surface area contributed by atoms with Crippen molar-refractivity contribution in [2.24, 2.45) is 0 Å². The summed E-state index contributed by atoms with van der Waals surface area (Å²) in [6.07, 6.45) is 0. The Morgan fingerprint density at radius 3 is 1.26 bits per heavy atom. The van der Waals surface area contributed by atoms with E-state index in [1.807, 2.05) is 12.1 Å². The van der Waals surface area contributed by atoms with E-state index in [0.29, 0.717) is 17.5 Å². The minimum absolute atomic E-state index is 0.592. The van der Waals surface area contributed by atoms with Crippen LogP contribution >= 0.6 is 0 Å². The summed E-state index contributed by atoms with van der Waals surface area (Å²) in [5, 5.41) is 4.82. The first-order valence-electron chi connectivity index (χ1n) is 23.0. The van der Waals surface area contributed by atoms with Gasteiger partial charge in [-0.3, -0.25) is 0 Å². The van der Waals surface area contributed by atoms with Crippen molar-refractivity contribution >= 4 is 43.6 Å².